The number of nitrogens with one attached hydrogen (secondary N) is 1. The summed E-state index contributed by atoms with van der Waals surface area (Å²) in [7, 11) is 0. The molecule has 0 bridgehead atoms. The van der Waals surface area contributed by atoms with Crippen molar-refractivity contribution in [3.8, 4) is 11.4 Å². The van der Waals surface area contributed by atoms with E-state index >= 15 is 0 Å². The summed E-state index contributed by atoms with van der Waals surface area (Å²) in [5.41, 5.74) is 2.80. The third-order valence-corrected chi connectivity index (χ3v) is 6.06. The van der Waals surface area contributed by atoms with Gasteiger partial charge in [0.2, 0.25) is 5.91 Å². The maximum Gasteiger partial charge on any atom is 0.225 e. The number of nitrogens with zero attached hydrogens (tertiary/aromatic N) is 3. The molecule has 8 heteroatoms. The van der Waals surface area contributed by atoms with E-state index < -0.39 is 0 Å². The zero-order valence-corrected chi connectivity index (χ0v) is 19.6. The lowest BCUT2D eigenvalue weighted by atomic mass is 10.2. The van der Waals surface area contributed by atoms with E-state index in [9.17, 15) is 4.79 Å². The minimum atomic E-state index is -0.0335. The molecule has 6 nitrogen and oxygen atoms in total. The monoisotopic (exact) mass is 478 g/mol. The SMILES string of the molecule is Cc1ccccc1NC(=O)CCSc1nnc(COc2ccc(Cl)cc2)n1-c1ccccc1. The number of hydrogen-bond acceptors (Lipinski definition) is 5. The molecule has 0 aliphatic carbocycles. The summed E-state index contributed by atoms with van der Waals surface area (Å²) >= 11 is 7.43. The lowest BCUT2D eigenvalue weighted by molar-refractivity contribution is -0.115. The number of carbonyl (C=O) groups excluding carboxylic acids is 1. The Kier molecular flexibility index (Phi) is 7.65. The maximum atomic E-state index is 12.4. The molecule has 1 N–H and O–H groups in total. The largest absolute Gasteiger partial charge is 0.486 e. The number of aryl methyl sites for hydroxylation is 1. The van der Waals surface area contributed by atoms with Crippen LogP contribution in [0, 0.1) is 6.92 Å². The molecule has 0 saturated heterocycles. The maximum absolute atomic E-state index is 12.4. The number of para-hydroxylation sites is 2. The van der Waals surface area contributed by atoms with Gasteiger partial charge in [-0.3, -0.25) is 9.36 Å². The van der Waals surface area contributed by atoms with E-state index in [2.05, 4.69) is 15.5 Å². The van der Waals surface area contributed by atoms with Crippen molar-refractivity contribution >= 4 is 35.0 Å². The number of amides is 1. The Morgan fingerprint density at radius 1 is 1.00 bits per heavy atom. The standard InChI is InChI=1S/C25H23ClN4O2S/c1-18-7-5-6-10-22(18)27-24(31)15-16-33-25-29-28-23(30(25)20-8-3-2-4-9-20)17-32-21-13-11-19(26)12-14-21/h2-14H,15-17H2,1H3,(H,27,31). The smallest absolute Gasteiger partial charge is 0.225 e. The number of hydrogen-bond donors (Lipinski definition) is 1. The summed E-state index contributed by atoms with van der Waals surface area (Å²) in [5, 5.41) is 13.0. The second-order valence-corrected chi connectivity index (χ2v) is 8.77. The molecule has 0 atom stereocenters. The fourth-order valence-corrected chi connectivity index (χ4v) is 4.20. The van der Waals surface area contributed by atoms with Gasteiger partial charge in [-0.15, -0.1) is 10.2 Å². The molecule has 1 heterocycles. The Morgan fingerprint density at radius 3 is 2.48 bits per heavy atom. The second kappa shape index (κ2) is 11.0. The summed E-state index contributed by atoms with van der Waals surface area (Å²) in [6.07, 6.45) is 0.358. The predicted molar refractivity (Wildman–Crippen MR) is 132 cm³/mol. The summed E-state index contributed by atoms with van der Waals surface area (Å²) in [5.74, 6) is 1.90. The molecule has 0 unspecified atom stereocenters. The van der Waals surface area contributed by atoms with Crippen LogP contribution >= 0.6 is 23.4 Å². The zero-order chi connectivity index (χ0) is 23.0. The summed E-state index contributed by atoms with van der Waals surface area (Å²) in [6.45, 7) is 2.22. The molecule has 0 spiro atoms. The highest BCUT2D eigenvalue weighted by Crippen LogP contribution is 2.24. The van der Waals surface area contributed by atoms with E-state index in [1.54, 1.807) is 12.1 Å². The number of anilines is 1. The average molecular weight is 479 g/mol. The number of aromatic nitrogens is 3. The number of thioether (sulfide) groups is 1. The van der Waals surface area contributed by atoms with E-state index in [-0.39, 0.29) is 12.5 Å². The molecular formula is C25H23ClN4O2S. The molecule has 0 radical (unpaired) electrons. The Hall–Kier alpha value is -3.29. The van der Waals surface area contributed by atoms with Crippen molar-refractivity contribution in [2.45, 2.75) is 25.1 Å². The average Bonchev–Trinajstić information content (AvgIpc) is 3.23. The molecule has 0 fully saturated rings. The molecule has 0 aliphatic heterocycles. The molecule has 4 rings (SSSR count). The van der Waals surface area contributed by atoms with Gasteiger partial charge in [-0.05, 0) is 55.0 Å². The number of rotatable bonds is 9. The Labute approximate surface area is 202 Å². The number of benzene rings is 3. The molecule has 1 amide bonds. The Morgan fingerprint density at radius 2 is 1.73 bits per heavy atom. The first-order chi connectivity index (χ1) is 16.1. The molecule has 3 aromatic carbocycles. The summed E-state index contributed by atoms with van der Waals surface area (Å²) < 4.78 is 7.85. The molecule has 1 aromatic heterocycles. The van der Waals surface area contributed by atoms with Gasteiger partial charge in [-0.25, -0.2) is 0 Å². The highest BCUT2D eigenvalue weighted by molar-refractivity contribution is 7.99. The second-order valence-electron chi connectivity index (χ2n) is 7.27. The predicted octanol–water partition coefficient (Wildman–Crippen LogP) is 5.93. The van der Waals surface area contributed by atoms with Crippen LogP contribution in [-0.2, 0) is 11.4 Å². The third kappa shape index (κ3) is 6.15. The van der Waals surface area contributed by atoms with E-state index in [4.69, 9.17) is 16.3 Å². The van der Waals surface area contributed by atoms with Crippen LogP contribution < -0.4 is 10.1 Å². The lowest BCUT2D eigenvalue weighted by Crippen LogP contribution is -2.13. The van der Waals surface area contributed by atoms with Crippen molar-refractivity contribution in [3.05, 3.63) is 95.3 Å². The van der Waals surface area contributed by atoms with Crippen molar-refractivity contribution in [2.24, 2.45) is 0 Å². The van der Waals surface area contributed by atoms with Gasteiger partial charge in [0, 0.05) is 28.6 Å². The normalized spacial score (nSPS) is 10.7. The van der Waals surface area contributed by atoms with Crippen LogP contribution in [0.2, 0.25) is 5.02 Å². The summed E-state index contributed by atoms with van der Waals surface area (Å²) in [6, 6.07) is 24.8. The Bertz CT molecular complexity index is 1210. The highest BCUT2D eigenvalue weighted by atomic mass is 35.5. The highest BCUT2D eigenvalue weighted by Gasteiger charge is 2.16. The quantitative estimate of drug-likeness (QED) is 0.302. The summed E-state index contributed by atoms with van der Waals surface area (Å²) in [4.78, 5) is 12.4. The number of halogens is 1. The fourth-order valence-electron chi connectivity index (χ4n) is 3.16. The third-order valence-electron chi connectivity index (χ3n) is 4.88. The van der Waals surface area contributed by atoms with Crippen molar-refractivity contribution in [1.29, 1.82) is 0 Å². The van der Waals surface area contributed by atoms with Gasteiger partial charge in [0.15, 0.2) is 11.0 Å². The van der Waals surface area contributed by atoms with Crippen molar-refractivity contribution < 1.29 is 9.53 Å². The van der Waals surface area contributed by atoms with Gasteiger partial charge < -0.3 is 10.1 Å². The van der Waals surface area contributed by atoms with Gasteiger partial charge >= 0.3 is 0 Å². The van der Waals surface area contributed by atoms with Crippen LogP contribution in [0.4, 0.5) is 5.69 Å². The van der Waals surface area contributed by atoms with Crippen LogP contribution in [0.1, 0.15) is 17.8 Å². The topological polar surface area (TPSA) is 69.0 Å². The van der Waals surface area contributed by atoms with Crippen LogP contribution in [0.25, 0.3) is 5.69 Å². The fraction of sp³-hybridized carbons (Fsp3) is 0.160. The first kappa shape index (κ1) is 22.9. The Balaban J connectivity index is 1.43. The first-order valence-electron chi connectivity index (χ1n) is 10.5. The number of ether oxygens (including phenoxy) is 1. The van der Waals surface area contributed by atoms with E-state index in [0.29, 0.717) is 33.9 Å². The molecule has 0 aliphatic rings. The van der Waals surface area contributed by atoms with Gasteiger partial charge in [-0.1, -0.05) is 59.8 Å². The molecule has 168 valence electrons. The minimum absolute atomic E-state index is 0.0335. The van der Waals surface area contributed by atoms with Crippen LogP contribution in [0.5, 0.6) is 5.75 Å². The van der Waals surface area contributed by atoms with Crippen LogP contribution in [-0.4, -0.2) is 26.4 Å². The van der Waals surface area contributed by atoms with Crippen LogP contribution in [0.15, 0.2) is 84.0 Å². The van der Waals surface area contributed by atoms with E-state index in [1.165, 1.54) is 11.8 Å². The van der Waals surface area contributed by atoms with Gasteiger partial charge in [0.1, 0.15) is 12.4 Å². The number of carbonyl (C=O) groups is 1. The van der Waals surface area contributed by atoms with Gasteiger partial charge in [-0.2, -0.15) is 0 Å². The van der Waals surface area contributed by atoms with Crippen LogP contribution in [0.3, 0.4) is 0 Å². The van der Waals surface area contributed by atoms with E-state index in [1.807, 2.05) is 78.2 Å². The van der Waals surface area contributed by atoms with Crippen molar-refractivity contribution in [1.82, 2.24) is 14.8 Å². The molecular weight excluding hydrogens is 456 g/mol. The molecule has 33 heavy (non-hydrogen) atoms. The minimum Gasteiger partial charge on any atom is -0.486 e. The van der Waals surface area contributed by atoms with Crippen molar-refractivity contribution in [2.75, 3.05) is 11.1 Å². The molecule has 0 saturated carbocycles. The molecule has 4 aromatic rings. The first-order valence-corrected chi connectivity index (χ1v) is 11.8. The zero-order valence-electron chi connectivity index (χ0n) is 18.1. The lowest BCUT2D eigenvalue weighted by Gasteiger charge is -2.11. The van der Waals surface area contributed by atoms with E-state index in [0.717, 1.165) is 16.9 Å². The van der Waals surface area contributed by atoms with Crippen molar-refractivity contribution in [3.63, 3.8) is 0 Å². The van der Waals surface area contributed by atoms with Gasteiger partial charge in [0.25, 0.3) is 0 Å². The van der Waals surface area contributed by atoms with Gasteiger partial charge in [0.05, 0.1) is 0 Å².